The Bertz CT molecular complexity index is 1180. The van der Waals surface area contributed by atoms with Crippen LogP contribution in [0, 0.1) is 5.41 Å². The molecule has 8 nitrogen and oxygen atoms in total. The molecule has 2 aromatic rings. The number of rotatable bonds is 9. The third-order valence-electron chi connectivity index (χ3n) is 5.32. The Kier molecular flexibility index (Phi) is 6.88. The highest BCUT2D eigenvalue weighted by atomic mass is 32.2. The quantitative estimate of drug-likeness (QED) is 0.367. The van der Waals surface area contributed by atoms with Crippen LogP contribution in [0.15, 0.2) is 56.5 Å². The third-order valence-corrected chi connectivity index (χ3v) is 6.29. The Hall–Kier alpha value is -3.46. The number of carbonyl (C=O) groups is 2. The van der Waals surface area contributed by atoms with E-state index in [-0.39, 0.29) is 17.0 Å². The number of carboxylic acids is 1. The van der Waals surface area contributed by atoms with Gasteiger partial charge in [-0.1, -0.05) is 44.7 Å². The first kappa shape index (κ1) is 22.7. The van der Waals surface area contributed by atoms with E-state index in [2.05, 4.69) is 17.0 Å². The Morgan fingerprint density at radius 1 is 1.15 bits per heavy atom. The number of fused-ring (bicyclic) bond motifs is 1. The van der Waals surface area contributed by atoms with Crippen molar-refractivity contribution in [1.29, 1.82) is 5.41 Å². The van der Waals surface area contributed by atoms with Crippen LogP contribution < -0.4 is 0 Å². The summed E-state index contributed by atoms with van der Waals surface area (Å²) in [7, 11) is 0. The Balaban J connectivity index is 1.47. The number of amides is 1. The monoisotopic (exact) mass is 464 g/mol. The van der Waals surface area contributed by atoms with Gasteiger partial charge in [-0.2, -0.15) is 15.1 Å². The predicted molar refractivity (Wildman–Crippen MR) is 129 cm³/mol. The number of furan rings is 1. The number of benzene rings is 1. The summed E-state index contributed by atoms with van der Waals surface area (Å²) in [6, 6.07) is 9.73. The summed E-state index contributed by atoms with van der Waals surface area (Å²) in [6.45, 7) is 2.18. The number of nitrogens with zero attached hydrogens (tertiary/aromatic N) is 3. The molecule has 0 bridgehead atoms. The number of amidine groups is 2. The first-order chi connectivity index (χ1) is 16.0. The second-order valence-electron chi connectivity index (χ2n) is 7.76. The van der Waals surface area contributed by atoms with Crippen molar-refractivity contribution in [2.45, 2.75) is 45.4 Å². The molecule has 3 heterocycles. The molecule has 2 N–H and O–H groups in total. The molecule has 0 radical (unpaired) electrons. The van der Waals surface area contributed by atoms with Crippen molar-refractivity contribution in [2.75, 3.05) is 0 Å². The maximum Gasteiger partial charge on any atom is 0.335 e. The predicted octanol–water partition coefficient (Wildman–Crippen LogP) is 5.62. The number of hydrogen-bond donors (Lipinski definition) is 2. The lowest BCUT2D eigenvalue weighted by Crippen LogP contribution is -2.35. The lowest BCUT2D eigenvalue weighted by atomic mass is 10.1. The largest absolute Gasteiger partial charge is 0.478 e. The zero-order valence-corrected chi connectivity index (χ0v) is 19.0. The summed E-state index contributed by atoms with van der Waals surface area (Å²) < 4.78 is 5.81. The van der Waals surface area contributed by atoms with Crippen LogP contribution in [0.2, 0.25) is 0 Å². The fourth-order valence-electron chi connectivity index (χ4n) is 3.52. The molecule has 1 amide bonds. The van der Waals surface area contributed by atoms with Gasteiger partial charge in [-0.25, -0.2) is 4.79 Å². The summed E-state index contributed by atoms with van der Waals surface area (Å²) in [5, 5.41) is 24.7. The van der Waals surface area contributed by atoms with Crippen LogP contribution in [-0.2, 0) is 4.79 Å². The molecule has 1 aromatic carbocycles. The van der Waals surface area contributed by atoms with E-state index in [4.69, 9.17) is 14.9 Å². The second kappa shape index (κ2) is 9.99. The number of unbranched alkanes of at least 4 members (excludes halogenated alkanes) is 4. The molecule has 1 aromatic heterocycles. The second-order valence-corrected chi connectivity index (χ2v) is 8.80. The highest BCUT2D eigenvalue weighted by Crippen LogP contribution is 2.31. The van der Waals surface area contributed by atoms with E-state index in [1.54, 1.807) is 24.3 Å². The van der Waals surface area contributed by atoms with Gasteiger partial charge in [0.2, 0.25) is 5.17 Å². The smallest absolute Gasteiger partial charge is 0.335 e. The van der Waals surface area contributed by atoms with Gasteiger partial charge < -0.3 is 9.52 Å². The van der Waals surface area contributed by atoms with Gasteiger partial charge in [0.25, 0.3) is 5.91 Å². The van der Waals surface area contributed by atoms with E-state index >= 15 is 0 Å². The molecule has 4 rings (SSSR count). The molecule has 0 spiro atoms. The number of carbonyl (C=O) groups excluding carboxylic acids is 1. The van der Waals surface area contributed by atoms with Crippen molar-refractivity contribution in [3.63, 3.8) is 0 Å². The van der Waals surface area contributed by atoms with Crippen LogP contribution in [0.5, 0.6) is 0 Å². The lowest BCUT2D eigenvalue weighted by Gasteiger charge is -2.19. The highest BCUT2D eigenvalue weighted by Gasteiger charge is 2.35. The molecule has 2 aliphatic heterocycles. The van der Waals surface area contributed by atoms with Gasteiger partial charge in [0, 0.05) is 5.56 Å². The van der Waals surface area contributed by atoms with E-state index in [9.17, 15) is 9.59 Å². The first-order valence-corrected chi connectivity index (χ1v) is 11.7. The van der Waals surface area contributed by atoms with Crippen molar-refractivity contribution >= 4 is 45.8 Å². The summed E-state index contributed by atoms with van der Waals surface area (Å²) in [5.41, 5.74) is 1.00. The molecule has 2 aliphatic rings. The number of aromatic carboxylic acids is 1. The van der Waals surface area contributed by atoms with Crippen LogP contribution >= 0.6 is 11.8 Å². The fraction of sp³-hybridized carbons (Fsp3) is 0.292. The average Bonchev–Trinajstić information content (AvgIpc) is 3.44. The SMILES string of the molecule is CCCCCCCC1=NN2C(=N)C(=Cc3ccc(-c4ccc(C(=O)O)cc4)o3)C(=O)N=C2S1. The summed E-state index contributed by atoms with van der Waals surface area (Å²) in [6.07, 6.45) is 8.10. The number of hydrogen-bond acceptors (Lipinski definition) is 6. The number of nitrogens with one attached hydrogen (secondary N) is 1. The minimum Gasteiger partial charge on any atom is -0.478 e. The zero-order chi connectivity index (χ0) is 23.4. The molecule has 0 saturated heterocycles. The molecular weight excluding hydrogens is 440 g/mol. The van der Waals surface area contributed by atoms with Crippen molar-refractivity contribution in [3.8, 4) is 11.3 Å². The van der Waals surface area contributed by atoms with Gasteiger partial charge in [-0.05, 0) is 54.9 Å². The van der Waals surface area contributed by atoms with Crippen molar-refractivity contribution < 1.29 is 19.1 Å². The van der Waals surface area contributed by atoms with Crippen molar-refractivity contribution in [3.05, 3.63) is 53.3 Å². The van der Waals surface area contributed by atoms with E-state index in [1.807, 2.05) is 0 Å². The molecule has 0 unspecified atom stereocenters. The van der Waals surface area contributed by atoms with Gasteiger partial charge in [-0.3, -0.25) is 10.2 Å². The molecule has 33 heavy (non-hydrogen) atoms. The normalized spacial score (nSPS) is 16.8. The standard InChI is InChI=1S/C24H24N4O4S/c1-2-3-4-5-6-7-20-27-28-21(25)18(22(29)26-24(28)33-20)14-17-12-13-19(32-17)15-8-10-16(11-9-15)23(30)31/h8-14,25H,2-7H2,1H3,(H,30,31). The Labute approximate surface area is 195 Å². The van der Waals surface area contributed by atoms with E-state index in [0.717, 1.165) is 24.3 Å². The maximum absolute atomic E-state index is 12.6. The molecule has 9 heteroatoms. The Morgan fingerprint density at radius 2 is 1.91 bits per heavy atom. The van der Waals surface area contributed by atoms with Gasteiger partial charge in [0.1, 0.15) is 16.6 Å². The zero-order valence-electron chi connectivity index (χ0n) is 18.2. The van der Waals surface area contributed by atoms with Crippen molar-refractivity contribution in [1.82, 2.24) is 5.01 Å². The molecule has 0 fully saturated rings. The van der Waals surface area contributed by atoms with Crippen LogP contribution in [-0.4, -0.2) is 38.0 Å². The number of aliphatic imine (C=N–C) groups is 1. The summed E-state index contributed by atoms with van der Waals surface area (Å²) in [5.74, 6) is -0.601. The lowest BCUT2D eigenvalue weighted by molar-refractivity contribution is -0.114. The van der Waals surface area contributed by atoms with Gasteiger partial charge in [-0.15, -0.1) is 0 Å². The highest BCUT2D eigenvalue weighted by molar-refractivity contribution is 8.26. The summed E-state index contributed by atoms with van der Waals surface area (Å²) >= 11 is 1.35. The van der Waals surface area contributed by atoms with Gasteiger partial charge in [0.15, 0.2) is 5.84 Å². The van der Waals surface area contributed by atoms with Crippen LogP contribution in [0.1, 0.15) is 61.6 Å². The number of carboxylic acid groups (broad SMARTS) is 1. The first-order valence-electron chi connectivity index (χ1n) is 10.9. The van der Waals surface area contributed by atoms with E-state index < -0.39 is 11.9 Å². The minimum atomic E-state index is -0.997. The van der Waals surface area contributed by atoms with E-state index in [0.29, 0.717) is 22.3 Å². The van der Waals surface area contributed by atoms with Gasteiger partial charge >= 0.3 is 5.97 Å². The van der Waals surface area contributed by atoms with Crippen LogP contribution in [0.3, 0.4) is 0 Å². The van der Waals surface area contributed by atoms with Gasteiger partial charge in [0.05, 0.1) is 11.1 Å². The molecule has 0 atom stereocenters. The topological polar surface area (TPSA) is 119 Å². The van der Waals surface area contributed by atoms with Crippen LogP contribution in [0.25, 0.3) is 17.4 Å². The Morgan fingerprint density at radius 3 is 2.64 bits per heavy atom. The minimum absolute atomic E-state index is 0.0257. The van der Waals surface area contributed by atoms with Crippen molar-refractivity contribution in [2.24, 2.45) is 10.1 Å². The third kappa shape index (κ3) is 5.14. The van der Waals surface area contributed by atoms with E-state index in [1.165, 1.54) is 54.2 Å². The summed E-state index contributed by atoms with van der Waals surface area (Å²) in [4.78, 5) is 27.7. The molecule has 0 saturated carbocycles. The molecule has 0 aliphatic carbocycles. The number of thioether (sulfide) groups is 1. The molecule has 170 valence electrons. The number of hydrazone groups is 1. The average molecular weight is 465 g/mol. The maximum atomic E-state index is 12.6. The van der Waals surface area contributed by atoms with Crippen LogP contribution in [0.4, 0.5) is 0 Å². The fourth-order valence-corrected chi connectivity index (χ4v) is 4.44. The molecular formula is C24H24N4O4S.